The Bertz CT molecular complexity index is 196. The molecule has 1 rings (SSSR count). The summed E-state index contributed by atoms with van der Waals surface area (Å²) in [5.41, 5.74) is 1.15. The summed E-state index contributed by atoms with van der Waals surface area (Å²) < 4.78 is 0. The number of nitrogens with zero attached hydrogens (tertiary/aromatic N) is 1. The van der Waals surface area contributed by atoms with E-state index < -0.39 is 0 Å². The number of pyridine rings is 1. The lowest BCUT2D eigenvalue weighted by Gasteiger charge is -2.11. The molecule has 1 aromatic heterocycles. The number of nitrogens with one attached hydrogen (secondary N) is 1. The van der Waals surface area contributed by atoms with Crippen molar-refractivity contribution in [1.82, 2.24) is 4.98 Å². The maximum absolute atomic E-state index is 3.94. The first-order valence-corrected chi connectivity index (χ1v) is 3.99. The largest absolute Gasteiger partial charge is 0.383 e. The van der Waals surface area contributed by atoms with Gasteiger partial charge in [0.15, 0.2) is 0 Å². The molecule has 0 spiro atoms. The molecule has 1 N–H and O–H groups in total. The second-order valence-corrected chi connectivity index (χ2v) is 2.69. The molecule has 0 fully saturated rings. The van der Waals surface area contributed by atoms with E-state index in [9.17, 15) is 0 Å². The Morgan fingerprint density at radius 1 is 1.45 bits per heavy atom. The first kappa shape index (κ1) is 8.05. The van der Waals surface area contributed by atoms with E-state index in [2.05, 4.69) is 24.1 Å². The maximum Gasteiger partial charge on any atom is 0.0373 e. The van der Waals surface area contributed by atoms with E-state index in [0.29, 0.717) is 6.04 Å². The molecule has 0 bridgehead atoms. The average molecular weight is 150 g/mol. The molecule has 0 aliphatic rings. The van der Waals surface area contributed by atoms with Gasteiger partial charge in [-0.2, -0.15) is 0 Å². The van der Waals surface area contributed by atoms with Crippen LogP contribution in [0.3, 0.4) is 0 Å². The van der Waals surface area contributed by atoms with Crippen LogP contribution in [-0.2, 0) is 0 Å². The minimum Gasteiger partial charge on any atom is -0.383 e. The highest BCUT2D eigenvalue weighted by molar-refractivity contribution is 5.41. The van der Waals surface area contributed by atoms with Crippen molar-refractivity contribution < 1.29 is 0 Å². The molecule has 60 valence electrons. The molecule has 0 saturated carbocycles. The summed E-state index contributed by atoms with van der Waals surface area (Å²) in [7, 11) is 0. The first-order chi connectivity index (χ1) is 5.33. The lowest BCUT2D eigenvalue weighted by molar-refractivity contribution is 0.764. The Hall–Kier alpha value is -1.05. The highest BCUT2D eigenvalue weighted by Gasteiger charge is 1.95. The molecule has 1 atom stereocenters. The Balaban J connectivity index is 2.51. The molecule has 11 heavy (non-hydrogen) atoms. The predicted molar refractivity (Wildman–Crippen MR) is 47.6 cm³/mol. The molecule has 2 heteroatoms. The van der Waals surface area contributed by atoms with Gasteiger partial charge >= 0.3 is 0 Å². The molecule has 0 aliphatic carbocycles. The SMILES string of the molecule is CC[C@@H](C)Nc1ccncc1. The van der Waals surface area contributed by atoms with Gasteiger partial charge in [0.25, 0.3) is 0 Å². The number of hydrogen-bond acceptors (Lipinski definition) is 2. The van der Waals surface area contributed by atoms with E-state index >= 15 is 0 Å². The van der Waals surface area contributed by atoms with Crippen LogP contribution in [0.5, 0.6) is 0 Å². The fourth-order valence-corrected chi connectivity index (χ4v) is 0.835. The summed E-state index contributed by atoms with van der Waals surface area (Å²) in [5, 5.41) is 3.35. The molecule has 0 aliphatic heterocycles. The number of hydrogen-bond donors (Lipinski definition) is 1. The lowest BCUT2D eigenvalue weighted by Crippen LogP contribution is -2.12. The minimum absolute atomic E-state index is 0.539. The van der Waals surface area contributed by atoms with Crippen LogP contribution in [0.25, 0.3) is 0 Å². The van der Waals surface area contributed by atoms with Gasteiger partial charge in [0.05, 0.1) is 0 Å². The lowest BCUT2D eigenvalue weighted by atomic mass is 10.2. The van der Waals surface area contributed by atoms with E-state index in [1.54, 1.807) is 12.4 Å². The molecule has 0 amide bonds. The molecule has 0 saturated heterocycles. The van der Waals surface area contributed by atoms with E-state index in [4.69, 9.17) is 0 Å². The van der Waals surface area contributed by atoms with Crippen LogP contribution in [0, 0.1) is 0 Å². The van der Waals surface area contributed by atoms with Crippen molar-refractivity contribution in [2.75, 3.05) is 5.32 Å². The van der Waals surface area contributed by atoms with Crippen molar-refractivity contribution >= 4 is 5.69 Å². The third-order valence-corrected chi connectivity index (χ3v) is 1.71. The Labute approximate surface area is 67.7 Å². The third kappa shape index (κ3) is 2.58. The molecule has 0 unspecified atom stereocenters. The fraction of sp³-hybridized carbons (Fsp3) is 0.444. The zero-order valence-corrected chi connectivity index (χ0v) is 7.04. The smallest absolute Gasteiger partial charge is 0.0373 e. The summed E-state index contributed by atoms with van der Waals surface area (Å²) in [6, 6.07) is 4.50. The van der Waals surface area contributed by atoms with E-state index in [1.165, 1.54) is 0 Å². The average Bonchev–Trinajstić information content (AvgIpc) is 2.06. The van der Waals surface area contributed by atoms with E-state index in [1.807, 2.05) is 12.1 Å². The van der Waals surface area contributed by atoms with Gasteiger partial charge in [0, 0.05) is 24.1 Å². The normalized spacial score (nSPS) is 12.5. The van der Waals surface area contributed by atoms with Crippen molar-refractivity contribution in [3.8, 4) is 0 Å². The zero-order chi connectivity index (χ0) is 8.10. The highest BCUT2D eigenvalue weighted by Crippen LogP contribution is 2.06. The van der Waals surface area contributed by atoms with E-state index in [0.717, 1.165) is 12.1 Å². The van der Waals surface area contributed by atoms with Crippen LogP contribution in [0.15, 0.2) is 24.5 Å². The van der Waals surface area contributed by atoms with Gasteiger partial charge < -0.3 is 5.32 Å². The number of aromatic nitrogens is 1. The second kappa shape index (κ2) is 3.96. The van der Waals surface area contributed by atoms with Crippen LogP contribution < -0.4 is 5.32 Å². The van der Waals surface area contributed by atoms with Crippen LogP contribution in [0.2, 0.25) is 0 Å². The Morgan fingerprint density at radius 2 is 2.09 bits per heavy atom. The van der Waals surface area contributed by atoms with Crippen molar-refractivity contribution in [3.05, 3.63) is 24.5 Å². The quantitative estimate of drug-likeness (QED) is 0.715. The van der Waals surface area contributed by atoms with Gasteiger partial charge in [-0.3, -0.25) is 4.98 Å². The highest BCUT2D eigenvalue weighted by atomic mass is 14.9. The first-order valence-electron chi connectivity index (χ1n) is 3.99. The molecule has 0 aromatic carbocycles. The van der Waals surface area contributed by atoms with Crippen molar-refractivity contribution in [2.24, 2.45) is 0 Å². The topological polar surface area (TPSA) is 24.9 Å². The summed E-state index contributed by atoms with van der Waals surface area (Å²) in [4.78, 5) is 3.94. The van der Waals surface area contributed by atoms with Crippen LogP contribution in [-0.4, -0.2) is 11.0 Å². The maximum atomic E-state index is 3.94. The van der Waals surface area contributed by atoms with Gasteiger partial charge in [-0.1, -0.05) is 6.92 Å². The summed E-state index contributed by atoms with van der Waals surface area (Å²) in [5.74, 6) is 0. The monoisotopic (exact) mass is 150 g/mol. The summed E-state index contributed by atoms with van der Waals surface area (Å²) in [6.45, 7) is 4.33. The molecule has 1 heterocycles. The molecular formula is C9H14N2. The Kier molecular flexibility index (Phi) is 2.90. The van der Waals surface area contributed by atoms with E-state index in [-0.39, 0.29) is 0 Å². The standard InChI is InChI=1S/C9H14N2/c1-3-8(2)11-9-4-6-10-7-5-9/h4-8H,3H2,1-2H3,(H,10,11)/t8-/m1/s1. The van der Waals surface area contributed by atoms with Crippen molar-refractivity contribution in [2.45, 2.75) is 26.3 Å². The second-order valence-electron chi connectivity index (χ2n) is 2.69. The van der Waals surface area contributed by atoms with Crippen molar-refractivity contribution in [1.29, 1.82) is 0 Å². The fourth-order valence-electron chi connectivity index (χ4n) is 0.835. The third-order valence-electron chi connectivity index (χ3n) is 1.71. The molecule has 1 aromatic rings. The number of rotatable bonds is 3. The zero-order valence-electron chi connectivity index (χ0n) is 7.04. The van der Waals surface area contributed by atoms with Crippen LogP contribution in [0.1, 0.15) is 20.3 Å². The summed E-state index contributed by atoms with van der Waals surface area (Å²) >= 11 is 0. The van der Waals surface area contributed by atoms with Crippen molar-refractivity contribution in [3.63, 3.8) is 0 Å². The van der Waals surface area contributed by atoms with Crippen LogP contribution >= 0.6 is 0 Å². The molecule has 0 radical (unpaired) electrons. The van der Waals surface area contributed by atoms with Gasteiger partial charge in [0.2, 0.25) is 0 Å². The molecule has 2 nitrogen and oxygen atoms in total. The van der Waals surface area contributed by atoms with Gasteiger partial charge in [-0.05, 0) is 25.5 Å². The minimum atomic E-state index is 0.539. The van der Waals surface area contributed by atoms with Gasteiger partial charge in [-0.25, -0.2) is 0 Å². The molecular weight excluding hydrogens is 136 g/mol. The predicted octanol–water partition coefficient (Wildman–Crippen LogP) is 2.29. The number of anilines is 1. The summed E-state index contributed by atoms with van der Waals surface area (Å²) in [6.07, 6.45) is 4.73. The van der Waals surface area contributed by atoms with Gasteiger partial charge in [-0.15, -0.1) is 0 Å². The van der Waals surface area contributed by atoms with Crippen LogP contribution in [0.4, 0.5) is 5.69 Å². The van der Waals surface area contributed by atoms with Gasteiger partial charge in [0.1, 0.15) is 0 Å². The Morgan fingerprint density at radius 3 is 2.64 bits per heavy atom.